The third-order valence-electron chi connectivity index (χ3n) is 14.8. The van der Waals surface area contributed by atoms with Crippen molar-refractivity contribution in [1.29, 1.82) is 0 Å². The maximum absolute atomic E-state index is 2.53. The molecule has 0 saturated carbocycles. The summed E-state index contributed by atoms with van der Waals surface area (Å²) in [5.74, 6) is 0. The Hall–Kier alpha value is -8.78. The molecular weight excluding hydrogens is 831 g/mol. The van der Waals surface area contributed by atoms with E-state index in [4.69, 9.17) is 0 Å². The molecule has 0 heterocycles. The monoisotopic (exact) mass is 877 g/mol. The van der Waals surface area contributed by atoms with Gasteiger partial charge in [0.1, 0.15) is 0 Å². The maximum Gasteiger partial charge on any atom is 0.0734 e. The number of nitrogens with zero attached hydrogens (tertiary/aromatic N) is 1. The van der Waals surface area contributed by atoms with E-state index in [9.17, 15) is 0 Å². The number of hydrogen-bond acceptors (Lipinski definition) is 1. The smallest absolute Gasteiger partial charge is 0.0734 e. The van der Waals surface area contributed by atoms with Crippen molar-refractivity contribution in [1.82, 2.24) is 0 Å². The fourth-order valence-electron chi connectivity index (χ4n) is 12.0. The molecule has 0 radical (unpaired) electrons. The van der Waals surface area contributed by atoms with Crippen molar-refractivity contribution in [3.8, 4) is 44.5 Å². The number of benzene rings is 11. The summed E-state index contributed by atoms with van der Waals surface area (Å²) < 4.78 is 0. The molecule has 0 atom stereocenters. The summed E-state index contributed by atoms with van der Waals surface area (Å²) in [6.07, 6.45) is 0. The average molecular weight is 878 g/mol. The van der Waals surface area contributed by atoms with Gasteiger partial charge in [-0.3, -0.25) is 0 Å². The van der Waals surface area contributed by atoms with Gasteiger partial charge in [-0.05, 0) is 114 Å². The van der Waals surface area contributed by atoms with E-state index in [1.807, 2.05) is 0 Å². The Morgan fingerprint density at radius 2 is 0.594 bits per heavy atom. The zero-order valence-electron chi connectivity index (χ0n) is 38.1. The van der Waals surface area contributed by atoms with Gasteiger partial charge < -0.3 is 4.90 Å². The van der Waals surface area contributed by atoms with Gasteiger partial charge in [-0.25, -0.2) is 0 Å². The van der Waals surface area contributed by atoms with Crippen LogP contribution in [0.2, 0.25) is 0 Å². The zero-order chi connectivity index (χ0) is 45.8. The van der Waals surface area contributed by atoms with Crippen LogP contribution in [0.4, 0.5) is 17.1 Å². The summed E-state index contributed by atoms with van der Waals surface area (Å²) >= 11 is 0. The fourth-order valence-corrected chi connectivity index (χ4v) is 12.0. The Morgan fingerprint density at radius 3 is 1.12 bits per heavy atom. The van der Waals surface area contributed by atoms with Crippen molar-refractivity contribution in [2.75, 3.05) is 4.90 Å². The molecule has 11 aromatic rings. The van der Waals surface area contributed by atoms with Crippen molar-refractivity contribution in [2.24, 2.45) is 0 Å². The highest BCUT2D eigenvalue weighted by atomic mass is 15.1. The topological polar surface area (TPSA) is 3.24 Å². The van der Waals surface area contributed by atoms with Crippen LogP contribution in [0.25, 0.3) is 44.5 Å². The number of anilines is 3. The van der Waals surface area contributed by atoms with Crippen molar-refractivity contribution in [2.45, 2.75) is 10.8 Å². The summed E-state index contributed by atoms with van der Waals surface area (Å²) in [6, 6.07) is 106. The van der Waals surface area contributed by atoms with Gasteiger partial charge in [0.05, 0.1) is 16.5 Å². The normalized spacial score (nSPS) is 13.4. The van der Waals surface area contributed by atoms with Gasteiger partial charge in [-0.15, -0.1) is 0 Å². The molecule has 2 aliphatic carbocycles. The van der Waals surface area contributed by atoms with Crippen molar-refractivity contribution >= 4 is 17.1 Å². The van der Waals surface area contributed by atoms with Gasteiger partial charge in [0, 0.05) is 16.9 Å². The number of rotatable bonds is 9. The molecule has 2 aliphatic rings. The highest BCUT2D eigenvalue weighted by Gasteiger charge is 2.49. The van der Waals surface area contributed by atoms with E-state index in [0.29, 0.717) is 0 Å². The standard InChI is InChI=1S/C68H47N/c1-6-21-48(22-7-1)49-37-39-50(40-38-49)51-41-43-56(44-42-51)69(57-45-46-64-61(47-57)59-32-17-18-34-62(59)67(64,52-23-8-2-9-24-52)53-25-10-3-11-26-53)65-36-20-33-60-58-31-16-19-35-63(58)68(66(60)65,54-27-12-4-13-28-54)55-29-14-5-15-30-55/h1-47H. The molecule has 1 nitrogen and oxygen atoms in total. The quantitative estimate of drug-likeness (QED) is 0.140. The van der Waals surface area contributed by atoms with Gasteiger partial charge in [0.2, 0.25) is 0 Å². The molecule has 0 N–H and O–H groups in total. The Labute approximate surface area is 404 Å². The average Bonchev–Trinajstić information content (AvgIpc) is 3.91. The van der Waals surface area contributed by atoms with Crippen LogP contribution in [0.3, 0.4) is 0 Å². The summed E-state index contributed by atoms with van der Waals surface area (Å²) in [4.78, 5) is 2.53. The molecule has 0 spiro atoms. The van der Waals surface area contributed by atoms with E-state index < -0.39 is 10.8 Å². The molecule has 11 aromatic carbocycles. The largest absolute Gasteiger partial charge is 0.310 e. The summed E-state index contributed by atoms with van der Waals surface area (Å²) in [5.41, 5.74) is 22.1. The molecule has 324 valence electrons. The minimum Gasteiger partial charge on any atom is -0.310 e. The minimum absolute atomic E-state index is 0.499. The highest BCUT2D eigenvalue weighted by Crippen LogP contribution is 2.61. The van der Waals surface area contributed by atoms with Crippen LogP contribution in [0.1, 0.15) is 44.5 Å². The van der Waals surface area contributed by atoms with Gasteiger partial charge in [-0.1, -0.05) is 255 Å². The molecular formula is C68H47N. The lowest BCUT2D eigenvalue weighted by atomic mass is 9.67. The van der Waals surface area contributed by atoms with Crippen LogP contribution in [0.15, 0.2) is 285 Å². The van der Waals surface area contributed by atoms with Crippen LogP contribution in [0.5, 0.6) is 0 Å². The van der Waals surface area contributed by atoms with E-state index >= 15 is 0 Å². The molecule has 0 unspecified atom stereocenters. The Morgan fingerprint density at radius 1 is 0.232 bits per heavy atom. The number of fused-ring (bicyclic) bond motifs is 6. The summed E-state index contributed by atoms with van der Waals surface area (Å²) in [7, 11) is 0. The molecule has 0 amide bonds. The first-order valence-electron chi connectivity index (χ1n) is 24.0. The van der Waals surface area contributed by atoms with Crippen LogP contribution >= 0.6 is 0 Å². The first kappa shape index (κ1) is 40.5. The lowest BCUT2D eigenvalue weighted by Crippen LogP contribution is -2.30. The summed E-state index contributed by atoms with van der Waals surface area (Å²) in [5, 5.41) is 0. The van der Waals surface area contributed by atoms with Gasteiger partial charge in [-0.2, -0.15) is 0 Å². The lowest BCUT2D eigenvalue weighted by Gasteiger charge is -2.38. The first-order valence-corrected chi connectivity index (χ1v) is 24.0. The predicted molar refractivity (Wildman–Crippen MR) is 287 cm³/mol. The Balaban J connectivity index is 1.06. The van der Waals surface area contributed by atoms with Crippen molar-refractivity contribution in [3.05, 3.63) is 330 Å². The van der Waals surface area contributed by atoms with Crippen molar-refractivity contribution < 1.29 is 0 Å². The predicted octanol–water partition coefficient (Wildman–Crippen LogP) is 17.2. The molecule has 0 aliphatic heterocycles. The maximum atomic E-state index is 2.53. The third-order valence-corrected chi connectivity index (χ3v) is 14.8. The highest BCUT2D eigenvalue weighted by molar-refractivity contribution is 5.96. The van der Waals surface area contributed by atoms with Crippen LogP contribution in [-0.4, -0.2) is 0 Å². The molecule has 0 saturated heterocycles. The second-order valence-corrected chi connectivity index (χ2v) is 18.3. The molecule has 0 fully saturated rings. The molecule has 13 rings (SSSR count). The molecule has 69 heavy (non-hydrogen) atoms. The van der Waals surface area contributed by atoms with Crippen LogP contribution in [0, 0.1) is 0 Å². The molecule has 0 bridgehead atoms. The second kappa shape index (κ2) is 16.5. The van der Waals surface area contributed by atoms with Crippen LogP contribution < -0.4 is 4.90 Å². The van der Waals surface area contributed by atoms with Crippen LogP contribution in [-0.2, 0) is 10.8 Å². The Bertz CT molecular complexity index is 3540. The molecule has 1 heteroatoms. The molecule has 0 aromatic heterocycles. The van der Waals surface area contributed by atoms with E-state index in [-0.39, 0.29) is 0 Å². The SMILES string of the molecule is c1ccc(-c2ccc(-c3ccc(N(c4ccc5c(c4)-c4ccccc4C5(c4ccccc4)c4ccccc4)c4cccc5c4C(c4ccccc4)(c4ccccc4)c4ccccc4-5)cc3)cc2)cc1. The van der Waals surface area contributed by atoms with E-state index in [1.165, 1.54) is 89.0 Å². The van der Waals surface area contributed by atoms with E-state index in [0.717, 1.165) is 17.1 Å². The van der Waals surface area contributed by atoms with Gasteiger partial charge in [0.25, 0.3) is 0 Å². The van der Waals surface area contributed by atoms with E-state index in [1.54, 1.807) is 0 Å². The zero-order valence-corrected chi connectivity index (χ0v) is 38.1. The summed E-state index contributed by atoms with van der Waals surface area (Å²) in [6.45, 7) is 0. The Kier molecular flexibility index (Phi) is 9.70. The van der Waals surface area contributed by atoms with Crippen molar-refractivity contribution in [3.63, 3.8) is 0 Å². The van der Waals surface area contributed by atoms with Gasteiger partial charge in [0.15, 0.2) is 0 Å². The fraction of sp³-hybridized carbons (Fsp3) is 0.0294. The second-order valence-electron chi connectivity index (χ2n) is 18.3. The van der Waals surface area contributed by atoms with E-state index in [2.05, 4.69) is 290 Å². The first-order chi connectivity index (χ1) is 34.2. The number of hydrogen-bond donors (Lipinski definition) is 0. The third kappa shape index (κ3) is 6.24. The minimum atomic E-state index is -0.608. The lowest BCUT2D eigenvalue weighted by molar-refractivity contribution is 0.767. The van der Waals surface area contributed by atoms with Gasteiger partial charge >= 0.3 is 0 Å².